The van der Waals surface area contributed by atoms with E-state index in [1.165, 1.54) is 6.07 Å². The molecule has 0 bridgehead atoms. The molecule has 0 atom stereocenters. The summed E-state index contributed by atoms with van der Waals surface area (Å²) in [7, 11) is 0. The number of anilines is 1. The van der Waals surface area contributed by atoms with E-state index in [1.54, 1.807) is 6.92 Å². The molecule has 0 unspecified atom stereocenters. The zero-order valence-corrected chi connectivity index (χ0v) is 9.95. The number of carboxylic acid groups (broad SMARTS) is 2. The van der Waals surface area contributed by atoms with Crippen LogP contribution in [0.1, 0.15) is 34.1 Å². The second-order valence-corrected chi connectivity index (χ2v) is 4.06. The second kappa shape index (κ2) is 4.52. The molecule has 7 nitrogen and oxygen atoms in total. The topological polar surface area (TPSA) is 107 Å². The van der Waals surface area contributed by atoms with Gasteiger partial charge in [-0.15, -0.1) is 0 Å². The lowest BCUT2D eigenvalue weighted by atomic mass is 10.1. The fraction of sp³-hybridized carbons (Fsp3) is 0.167. The van der Waals surface area contributed by atoms with Crippen LogP contribution in [0.25, 0.3) is 0 Å². The first kappa shape index (κ1) is 12.7. The van der Waals surface area contributed by atoms with Crippen molar-refractivity contribution in [1.29, 1.82) is 0 Å². The third kappa shape index (κ3) is 2.30. The number of nitrogens with zero attached hydrogens (tertiary/aromatic N) is 2. The van der Waals surface area contributed by atoms with Gasteiger partial charge in [0.25, 0.3) is 5.91 Å². The van der Waals surface area contributed by atoms with Crippen LogP contribution in [-0.2, 0) is 4.79 Å². The minimum atomic E-state index is -1.37. The molecule has 0 saturated carbocycles. The van der Waals surface area contributed by atoms with E-state index in [0.717, 1.165) is 17.1 Å². The van der Waals surface area contributed by atoms with E-state index in [9.17, 15) is 14.4 Å². The Hall–Kier alpha value is -2.70. The Morgan fingerprint density at radius 3 is 2.32 bits per heavy atom. The monoisotopic (exact) mass is 262 g/mol. The third-order valence-electron chi connectivity index (χ3n) is 2.62. The normalized spacial score (nSPS) is 14.5. The van der Waals surface area contributed by atoms with Crippen molar-refractivity contribution in [3.05, 3.63) is 29.3 Å². The van der Waals surface area contributed by atoms with Gasteiger partial charge in [-0.1, -0.05) is 0 Å². The number of rotatable bonds is 3. The number of aromatic carboxylic acids is 2. The number of hydrogen-bond donors (Lipinski definition) is 2. The quantitative estimate of drug-likeness (QED) is 0.850. The van der Waals surface area contributed by atoms with Crippen LogP contribution in [0.5, 0.6) is 0 Å². The molecule has 19 heavy (non-hydrogen) atoms. The molecule has 1 aromatic carbocycles. The number of carboxylic acids is 2. The number of benzene rings is 1. The average molecular weight is 262 g/mol. The van der Waals surface area contributed by atoms with Gasteiger partial charge in [-0.3, -0.25) is 4.79 Å². The molecule has 0 aromatic heterocycles. The highest BCUT2D eigenvalue weighted by atomic mass is 16.4. The Bertz CT molecular complexity index is 621. The van der Waals surface area contributed by atoms with Gasteiger partial charge in [0.1, 0.15) is 0 Å². The molecule has 1 aromatic rings. The van der Waals surface area contributed by atoms with Crippen molar-refractivity contribution < 1.29 is 24.6 Å². The van der Waals surface area contributed by atoms with Gasteiger partial charge in [0, 0.05) is 5.71 Å². The van der Waals surface area contributed by atoms with E-state index in [0.29, 0.717) is 5.71 Å². The Labute approximate surface area is 107 Å². The van der Waals surface area contributed by atoms with Crippen LogP contribution < -0.4 is 5.01 Å². The van der Waals surface area contributed by atoms with Crippen LogP contribution in [0.15, 0.2) is 23.3 Å². The van der Waals surface area contributed by atoms with Crippen LogP contribution in [0.3, 0.4) is 0 Å². The molecule has 7 heteroatoms. The number of carbonyl (C=O) groups is 3. The minimum Gasteiger partial charge on any atom is -0.478 e. The highest BCUT2D eigenvalue weighted by Gasteiger charge is 2.25. The summed E-state index contributed by atoms with van der Waals surface area (Å²) in [5, 5.41) is 22.9. The maximum absolute atomic E-state index is 11.6. The Balaban J connectivity index is 2.50. The van der Waals surface area contributed by atoms with E-state index >= 15 is 0 Å². The van der Waals surface area contributed by atoms with Gasteiger partial charge in [0.05, 0.1) is 23.2 Å². The van der Waals surface area contributed by atoms with Crippen molar-refractivity contribution >= 4 is 29.2 Å². The van der Waals surface area contributed by atoms with Gasteiger partial charge in [0.15, 0.2) is 0 Å². The lowest BCUT2D eigenvalue weighted by Crippen LogP contribution is -2.20. The number of hydrogen-bond acceptors (Lipinski definition) is 4. The van der Waals surface area contributed by atoms with Crippen LogP contribution in [0.2, 0.25) is 0 Å². The molecule has 0 fully saturated rings. The van der Waals surface area contributed by atoms with E-state index in [4.69, 9.17) is 10.2 Å². The summed E-state index contributed by atoms with van der Waals surface area (Å²) in [6.45, 7) is 1.68. The fourth-order valence-electron chi connectivity index (χ4n) is 1.78. The fourth-order valence-corrected chi connectivity index (χ4v) is 1.78. The Morgan fingerprint density at radius 2 is 1.84 bits per heavy atom. The summed E-state index contributed by atoms with van der Waals surface area (Å²) in [6, 6.07) is 3.64. The van der Waals surface area contributed by atoms with Gasteiger partial charge in [-0.25, -0.2) is 14.6 Å². The van der Waals surface area contributed by atoms with E-state index < -0.39 is 11.9 Å². The molecular formula is C12H10N2O5. The summed E-state index contributed by atoms with van der Waals surface area (Å²) in [4.78, 5) is 33.6. The second-order valence-electron chi connectivity index (χ2n) is 4.06. The van der Waals surface area contributed by atoms with E-state index in [-0.39, 0.29) is 29.1 Å². The molecule has 0 spiro atoms. The largest absolute Gasteiger partial charge is 0.478 e. The average Bonchev–Trinajstić information content (AvgIpc) is 2.67. The SMILES string of the molecule is CC1=NN(c2ccc(C(=O)O)c(C(=O)O)c2)C(=O)C1. The van der Waals surface area contributed by atoms with Gasteiger partial charge >= 0.3 is 11.9 Å². The van der Waals surface area contributed by atoms with Crippen LogP contribution in [0, 0.1) is 0 Å². The smallest absolute Gasteiger partial charge is 0.336 e. The van der Waals surface area contributed by atoms with Crippen molar-refractivity contribution in [3.63, 3.8) is 0 Å². The molecule has 2 rings (SSSR count). The maximum Gasteiger partial charge on any atom is 0.336 e. The first-order valence-electron chi connectivity index (χ1n) is 5.38. The van der Waals surface area contributed by atoms with Crippen molar-refractivity contribution in [3.8, 4) is 0 Å². The van der Waals surface area contributed by atoms with Gasteiger partial charge < -0.3 is 10.2 Å². The summed E-state index contributed by atoms with van der Waals surface area (Å²) in [5.74, 6) is -2.99. The molecule has 1 amide bonds. The highest BCUT2D eigenvalue weighted by molar-refractivity contribution is 6.12. The predicted octanol–water partition coefficient (Wildman–Crippen LogP) is 1.20. The summed E-state index contributed by atoms with van der Waals surface area (Å²) >= 11 is 0. The van der Waals surface area contributed by atoms with Crippen molar-refractivity contribution in [2.45, 2.75) is 13.3 Å². The highest BCUT2D eigenvalue weighted by Crippen LogP contribution is 2.24. The van der Waals surface area contributed by atoms with E-state index in [1.807, 2.05) is 0 Å². The first-order chi connectivity index (χ1) is 8.90. The molecule has 1 aliphatic rings. The minimum absolute atomic E-state index is 0.170. The molecule has 1 heterocycles. The standard InChI is InChI=1S/C12H10N2O5/c1-6-4-10(15)14(13-6)7-2-3-8(11(16)17)9(5-7)12(18)19/h2-3,5H,4H2,1H3,(H,16,17)(H,18,19). The van der Waals surface area contributed by atoms with Crippen LogP contribution in [0.4, 0.5) is 5.69 Å². The number of amides is 1. The number of hydrazone groups is 1. The van der Waals surface area contributed by atoms with Crippen molar-refractivity contribution in [2.24, 2.45) is 5.10 Å². The number of carbonyl (C=O) groups excluding carboxylic acids is 1. The lowest BCUT2D eigenvalue weighted by molar-refractivity contribution is -0.116. The summed E-state index contributed by atoms with van der Waals surface area (Å²) < 4.78 is 0. The van der Waals surface area contributed by atoms with Crippen LogP contribution >= 0.6 is 0 Å². The zero-order chi connectivity index (χ0) is 14.2. The van der Waals surface area contributed by atoms with Crippen LogP contribution in [-0.4, -0.2) is 33.8 Å². The third-order valence-corrected chi connectivity index (χ3v) is 2.62. The summed E-state index contributed by atoms with van der Waals surface area (Å²) in [5.41, 5.74) is 0.148. The maximum atomic E-state index is 11.6. The molecule has 0 saturated heterocycles. The van der Waals surface area contributed by atoms with Gasteiger partial charge in [0.2, 0.25) is 0 Å². The first-order valence-corrected chi connectivity index (χ1v) is 5.38. The van der Waals surface area contributed by atoms with Crippen molar-refractivity contribution in [2.75, 3.05) is 5.01 Å². The summed E-state index contributed by atoms with van der Waals surface area (Å²) in [6.07, 6.45) is 0.170. The van der Waals surface area contributed by atoms with Crippen molar-refractivity contribution in [1.82, 2.24) is 0 Å². The molecule has 1 aliphatic heterocycles. The Kier molecular flexibility index (Phi) is 3.04. The Morgan fingerprint density at radius 1 is 1.21 bits per heavy atom. The van der Waals surface area contributed by atoms with Gasteiger partial charge in [-0.05, 0) is 25.1 Å². The lowest BCUT2D eigenvalue weighted by Gasteiger charge is -2.13. The molecule has 0 radical (unpaired) electrons. The zero-order valence-electron chi connectivity index (χ0n) is 9.95. The predicted molar refractivity (Wildman–Crippen MR) is 65.6 cm³/mol. The van der Waals surface area contributed by atoms with E-state index in [2.05, 4.69) is 5.10 Å². The van der Waals surface area contributed by atoms with Gasteiger partial charge in [-0.2, -0.15) is 5.10 Å². The molecule has 98 valence electrons. The molecule has 2 N–H and O–H groups in total. The molecular weight excluding hydrogens is 252 g/mol. The molecule has 0 aliphatic carbocycles.